The predicted octanol–water partition coefficient (Wildman–Crippen LogP) is 3.39. The molecule has 0 aromatic carbocycles. The Morgan fingerprint density at radius 1 is 1.59 bits per heavy atom. The summed E-state index contributed by atoms with van der Waals surface area (Å²) in [6.07, 6.45) is 3.55. The molecule has 0 bridgehead atoms. The summed E-state index contributed by atoms with van der Waals surface area (Å²) in [5.74, 6) is 0. The second-order valence-electron chi connectivity index (χ2n) is 5.58. The first kappa shape index (κ1) is 13.3. The monoisotopic (exact) mass is 273 g/mol. The minimum Gasteiger partial charge on any atom is -0.396 e. The standard InChI is InChI=1S/C13H20ClNOS/c1-13(2,8-16)7-15-10-4-3-5-11-9(10)6-12(14)17-11/h6,10,15-16H,3-5,7-8H2,1-2H3. The van der Waals surface area contributed by atoms with Gasteiger partial charge < -0.3 is 10.4 Å². The minimum absolute atomic E-state index is 0.0581. The molecule has 0 spiro atoms. The highest BCUT2D eigenvalue weighted by Crippen LogP contribution is 2.38. The number of fused-ring (bicyclic) bond motifs is 1. The van der Waals surface area contributed by atoms with E-state index in [0.29, 0.717) is 6.04 Å². The number of hydrogen-bond acceptors (Lipinski definition) is 3. The van der Waals surface area contributed by atoms with Gasteiger partial charge >= 0.3 is 0 Å². The van der Waals surface area contributed by atoms with Crippen LogP contribution in [0.15, 0.2) is 6.07 Å². The number of rotatable bonds is 4. The van der Waals surface area contributed by atoms with Crippen molar-refractivity contribution in [1.29, 1.82) is 0 Å². The normalized spacial score (nSPS) is 20.4. The van der Waals surface area contributed by atoms with Gasteiger partial charge in [0.25, 0.3) is 0 Å². The first-order chi connectivity index (χ1) is 8.02. The number of halogens is 1. The second-order valence-corrected chi connectivity index (χ2v) is 7.35. The van der Waals surface area contributed by atoms with Crippen LogP contribution in [0.2, 0.25) is 4.34 Å². The molecule has 0 radical (unpaired) electrons. The maximum Gasteiger partial charge on any atom is 0.0934 e. The number of hydrogen-bond donors (Lipinski definition) is 2. The summed E-state index contributed by atoms with van der Waals surface area (Å²) in [4.78, 5) is 1.43. The van der Waals surface area contributed by atoms with Crippen LogP contribution < -0.4 is 5.32 Å². The highest BCUT2D eigenvalue weighted by atomic mass is 35.5. The molecule has 96 valence electrons. The van der Waals surface area contributed by atoms with Gasteiger partial charge in [0.2, 0.25) is 0 Å². The van der Waals surface area contributed by atoms with E-state index in [-0.39, 0.29) is 12.0 Å². The summed E-state index contributed by atoms with van der Waals surface area (Å²) < 4.78 is 0.894. The summed E-state index contributed by atoms with van der Waals surface area (Å²) in [7, 11) is 0. The highest BCUT2D eigenvalue weighted by molar-refractivity contribution is 7.16. The molecule has 2 rings (SSSR count). The minimum atomic E-state index is -0.0581. The zero-order chi connectivity index (χ0) is 12.5. The first-order valence-corrected chi connectivity index (χ1v) is 7.34. The van der Waals surface area contributed by atoms with Crippen molar-refractivity contribution in [2.24, 2.45) is 5.41 Å². The lowest BCUT2D eigenvalue weighted by atomic mass is 9.90. The molecule has 1 unspecified atom stereocenters. The molecule has 1 aromatic rings. The number of aryl methyl sites for hydroxylation is 1. The molecule has 0 fully saturated rings. The molecular weight excluding hydrogens is 254 g/mol. The van der Waals surface area contributed by atoms with Crippen molar-refractivity contribution >= 4 is 22.9 Å². The van der Waals surface area contributed by atoms with E-state index in [1.807, 2.05) is 0 Å². The van der Waals surface area contributed by atoms with Crippen LogP contribution in [0.1, 0.15) is 43.2 Å². The molecule has 2 nitrogen and oxygen atoms in total. The van der Waals surface area contributed by atoms with Gasteiger partial charge in [-0.15, -0.1) is 11.3 Å². The number of thiophene rings is 1. The summed E-state index contributed by atoms with van der Waals surface area (Å²) in [6, 6.07) is 2.51. The topological polar surface area (TPSA) is 32.3 Å². The molecule has 2 N–H and O–H groups in total. The molecule has 1 atom stereocenters. The van der Waals surface area contributed by atoms with Gasteiger partial charge in [0.15, 0.2) is 0 Å². The van der Waals surface area contributed by atoms with Crippen LogP contribution >= 0.6 is 22.9 Å². The average Bonchev–Trinajstić information content (AvgIpc) is 2.67. The Morgan fingerprint density at radius 3 is 3.06 bits per heavy atom. The van der Waals surface area contributed by atoms with Crippen molar-refractivity contribution in [3.05, 3.63) is 20.8 Å². The fourth-order valence-corrected chi connectivity index (χ4v) is 3.57. The first-order valence-electron chi connectivity index (χ1n) is 6.14. The van der Waals surface area contributed by atoms with Crippen LogP contribution in [0.4, 0.5) is 0 Å². The van der Waals surface area contributed by atoms with E-state index in [2.05, 4.69) is 25.2 Å². The van der Waals surface area contributed by atoms with Crippen molar-refractivity contribution in [2.75, 3.05) is 13.2 Å². The molecule has 17 heavy (non-hydrogen) atoms. The van der Waals surface area contributed by atoms with E-state index in [9.17, 15) is 5.11 Å². The summed E-state index contributed by atoms with van der Waals surface area (Å²) in [6.45, 7) is 5.19. The number of aliphatic hydroxyl groups excluding tert-OH is 1. The van der Waals surface area contributed by atoms with Gasteiger partial charge in [0.05, 0.1) is 4.34 Å². The molecule has 0 saturated carbocycles. The third kappa shape index (κ3) is 3.22. The Labute approximate surface area is 112 Å². The van der Waals surface area contributed by atoms with Gasteiger partial charge in [-0.1, -0.05) is 25.4 Å². The van der Waals surface area contributed by atoms with Crippen LogP contribution in [0, 0.1) is 5.41 Å². The maximum absolute atomic E-state index is 9.26. The van der Waals surface area contributed by atoms with Gasteiger partial charge in [-0.25, -0.2) is 0 Å². The van der Waals surface area contributed by atoms with Crippen molar-refractivity contribution in [3.8, 4) is 0 Å². The molecule has 1 aliphatic carbocycles. The van der Waals surface area contributed by atoms with E-state index < -0.39 is 0 Å². The molecule has 1 aromatic heterocycles. The SMILES string of the molecule is CC(C)(CO)CNC1CCCc2sc(Cl)cc21. The Bertz CT molecular complexity index is 389. The molecule has 4 heteroatoms. The third-order valence-electron chi connectivity index (χ3n) is 3.34. The molecule has 0 aliphatic heterocycles. The lowest BCUT2D eigenvalue weighted by molar-refractivity contribution is 0.152. The van der Waals surface area contributed by atoms with Crippen LogP contribution in [0.25, 0.3) is 0 Å². The van der Waals surface area contributed by atoms with Crippen LogP contribution in [-0.2, 0) is 6.42 Å². The van der Waals surface area contributed by atoms with E-state index in [0.717, 1.165) is 17.3 Å². The number of aliphatic hydroxyl groups is 1. The highest BCUT2D eigenvalue weighted by Gasteiger charge is 2.25. The quantitative estimate of drug-likeness (QED) is 0.881. The van der Waals surface area contributed by atoms with Gasteiger partial charge in [0.1, 0.15) is 0 Å². The Kier molecular flexibility index (Phi) is 4.14. The molecule has 1 aliphatic rings. The third-order valence-corrected chi connectivity index (χ3v) is 4.68. The van der Waals surface area contributed by atoms with E-state index >= 15 is 0 Å². The molecule has 0 saturated heterocycles. The Balaban J connectivity index is 2.03. The van der Waals surface area contributed by atoms with Gasteiger partial charge in [-0.2, -0.15) is 0 Å². The van der Waals surface area contributed by atoms with E-state index in [1.165, 1.54) is 23.3 Å². The Hall–Kier alpha value is -0.0900. The summed E-state index contributed by atoms with van der Waals surface area (Å²) >= 11 is 7.79. The lowest BCUT2D eigenvalue weighted by Crippen LogP contribution is -2.35. The zero-order valence-electron chi connectivity index (χ0n) is 10.4. The van der Waals surface area contributed by atoms with Crippen LogP contribution in [0.5, 0.6) is 0 Å². The number of nitrogens with one attached hydrogen (secondary N) is 1. The second kappa shape index (κ2) is 5.27. The van der Waals surface area contributed by atoms with Crippen LogP contribution in [0.3, 0.4) is 0 Å². The van der Waals surface area contributed by atoms with Crippen LogP contribution in [-0.4, -0.2) is 18.3 Å². The fraction of sp³-hybridized carbons (Fsp3) is 0.692. The van der Waals surface area contributed by atoms with Crippen molar-refractivity contribution in [3.63, 3.8) is 0 Å². The fourth-order valence-electron chi connectivity index (χ4n) is 2.19. The van der Waals surface area contributed by atoms with Crippen molar-refractivity contribution in [1.82, 2.24) is 5.32 Å². The molecule has 0 amide bonds. The van der Waals surface area contributed by atoms with Gasteiger partial charge in [-0.3, -0.25) is 0 Å². The molecule has 1 heterocycles. The lowest BCUT2D eigenvalue weighted by Gasteiger charge is -2.29. The Morgan fingerprint density at radius 2 is 2.35 bits per heavy atom. The van der Waals surface area contributed by atoms with E-state index in [1.54, 1.807) is 11.3 Å². The van der Waals surface area contributed by atoms with Gasteiger partial charge in [0, 0.05) is 29.5 Å². The van der Waals surface area contributed by atoms with Crippen molar-refractivity contribution in [2.45, 2.75) is 39.2 Å². The molecular formula is C13H20ClNOS. The van der Waals surface area contributed by atoms with Gasteiger partial charge in [-0.05, 0) is 30.9 Å². The van der Waals surface area contributed by atoms with E-state index in [4.69, 9.17) is 11.6 Å². The zero-order valence-corrected chi connectivity index (χ0v) is 12.0. The summed E-state index contributed by atoms with van der Waals surface area (Å²) in [5.41, 5.74) is 1.32. The van der Waals surface area contributed by atoms with Crippen molar-refractivity contribution < 1.29 is 5.11 Å². The predicted molar refractivity (Wildman–Crippen MR) is 73.9 cm³/mol. The smallest absolute Gasteiger partial charge is 0.0934 e. The largest absolute Gasteiger partial charge is 0.396 e. The summed E-state index contributed by atoms with van der Waals surface area (Å²) in [5, 5.41) is 12.8. The maximum atomic E-state index is 9.26. The average molecular weight is 274 g/mol.